The summed E-state index contributed by atoms with van der Waals surface area (Å²) in [5, 5.41) is 3.67. The lowest BCUT2D eigenvalue weighted by Crippen LogP contribution is -2.40. The van der Waals surface area contributed by atoms with Crippen molar-refractivity contribution in [3.63, 3.8) is 0 Å². The number of carbonyl (C=O) groups is 1. The van der Waals surface area contributed by atoms with Crippen molar-refractivity contribution >= 4 is 5.97 Å². The number of rotatable bonds is 15. The van der Waals surface area contributed by atoms with Crippen LogP contribution in [0.2, 0.25) is 0 Å². The standard InChI is InChI=1S/C22H36N4O2/c1-4-5-6-7-11-15-21(18-22(27)28-3)26(17-12-16-24-25-23)19(2)20-13-9-8-10-14-20/h8-10,13-14,19,21H,4-7,11-12,15-18H2,1-3H3/t19-,21-/m0/s1. The van der Waals surface area contributed by atoms with Crippen LogP contribution in [0, 0.1) is 0 Å². The number of carbonyl (C=O) groups excluding carboxylic acids is 1. The molecule has 0 heterocycles. The van der Waals surface area contributed by atoms with Gasteiger partial charge in [0.05, 0.1) is 13.5 Å². The second-order valence-electron chi connectivity index (χ2n) is 7.27. The molecule has 0 aliphatic carbocycles. The lowest BCUT2D eigenvalue weighted by atomic mass is 9.98. The van der Waals surface area contributed by atoms with E-state index in [4.69, 9.17) is 10.3 Å². The van der Waals surface area contributed by atoms with E-state index < -0.39 is 0 Å². The van der Waals surface area contributed by atoms with Crippen LogP contribution in [-0.4, -0.2) is 37.1 Å². The van der Waals surface area contributed by atoms with Gasteiger partial charge in [0.2, 0.25) is 0 Å². The fraction of sp³-hybridized carbons (Fsp3) is 0.682. The van der Waals surface area contributed by atoms with Crippen LogP contribution in [0.4, 0.5) is 0 Å². The maximum Gasteiger partial charge on any atom is 0.307 e. The van der Waals surface area contributed by atoms with Crippen molar-refractivity contribution in [2.45, 2.75) is 77.3 Å². The Morgan fingerprint density at radius 2 is 1.89 bits per heavy atom. The predicted molar refractivity (Wildman–Crippen MR) is 114 cm³/mol. The fourth-order valence-corrected chi connectivity index (χ4v) is 3.63. The minimum atomic E-state index is -0.168. The molecule has 2 atom stereocenters. The molecular weight excluding hydrogens is 352 g/mol. The highest BCUT2D eigenvalue weighted by atomic mass is 16.5. The molecule has 0 aliphatic heterocycles. The number of benzene rings is 1. The molecule has 0 saturated heterocycles. The molecule has 0 N–H and O–H groups in total. The zero-order chi connectivity index (χ0) is 20.6. The Kier molecular flexibility index (Phi) is 12.8. The van der Waals surface area contributed by atoms with Gasteiger partial charge in [-0.2, -0.15) is 0 Å². The van der Waals surface area contributed by atoms with Gasteiger partial charge in [0.15, 0.2) is 0 Å². The Hall–Kier alpha value is -2.04. The molecule has 1 rings (SSSR count). The number of unbranched alkanes of at least 4 members (excludes halogenated alkanes) is 4. The first-order valence-corrected chi connectivity index (χ1v) is 10.5. The first kappa shape index (κ1) is 24.0. The molecule has 0 aromatic heterocycles. The van der Waals surface area contributed by atoms with Gasteiger partial charge in [0, 0.05) is 23.5 Å². The van der Waals surface area contributed by atoms with Crippen LogP contribution < -0.4 is 0 Å². The van der Waals surface area contributed by atoms with Crippen molar-refractivity contribution in [1.29, 1.82) is 0 Å². The van der Waals surface area contributed by atoms with Gasteiger partial charge in [-0.25, -0.2) is 0 Å². The molecule has 6 heteroatoms. The van der Waals surface area contributed by atoms with Crippen LogP contribution in [0.5, 0.6) is 0 Å². The molecule has 0 fully saturated rings. The van der Waals surface area contributed by atoms with Gasteiger partial charge < -0.3 is 4.74 Å². The first-order valence-electron chi connectivity index (χ1n) is 10.5. The number of ether oxygens (including phenoxy) is 1. The van der Waals surface area contributed by atoms with E-state index in [-0.39, 0.29) is 18.1 Å². The predicted octanol–water partition coefficient (Wildman–Crippen LogP) is 6.04. The van der Waals surface area contributed by atoms with Crippen molar-refractivity contribution in [3.8, 4) is 0 Å². The van der Waals surface area contributed by atoms with E-state index in [9.17, 15) is 4.79 Å². The summed E-state index contributed by atoms with van der Waals surface area (Å²) in [6.45, 7) is 5.65. The molecule has 0 aliphatic rings. The van der Waals surface area contributed by atoms with E-state index in [1.165, 1.54) is 38.4 Å². The van der Waals surface area contributed by atoms with Crippen molar-refractivity contribution in [1.82, 2.24) is 4.90 Å². The molecule has 0 spiro atoms. The van der Waals surface area contributed by atoms with Crippen LogP contribution in [0.25, 0.3) is 10.4 Å². The molecule has 28 heavy (non-hydrogen) atoms. The zero-order valence-corrected chi connectivity index (χ0v) is 17.7. The van der Waals surface area contributed by atoms with Gasteiger partial charge in [0.25, 0.3) is 0 Å². The van der Waals surface area contributed by atoms with Gasteiger partial charge >= 0.3 is 5.97 Å². The van der Waals surface area contributed by atoms with Crippen LogP contribution in [0.1, 0.15) is 76.8 Å². The lowest BCUT2D eigenvalue weighted by molar-refractivity contribution is -0.142. The highest BCUT2D eigenvalue weighted by molar-refractivity contribution is 5.69. The second-order valence-corrected chi connectivity index (χ2v) is 7.27. The largest absolute Gasteiger partial charge is 0.469 e. The average molecular weight is 389 g/mol. The first-order chi connectivity index (χ1) is 13.6. The third-order valence-electron chi connectivity index (χ3n) is 5.26. The third kappa shape index (κ3) is 9.25. The zero-order valence-electron chi connectivity index (χ0n) is 17.7. The van der Waals surface area contributed by atoms with Crippen LogP contribution in [0.15, 0.2) is 35.4 Å². The van der Waals surface area contributed by atoms with Crippen LogP contribution >= 0.6 is 0 Å². The average Bonchev–Trinajstić information content (AvgIpc) is 2.73. The van der Waals surface area contributed by atoms with E-state index in [2.05, 4.69) is 40.9 Å². The monoisotopic (exact) mass is 388 g/mol. The molecule has 156 valence electrons. The topological polar surface area (TPSA) is 78.3 Å². The summed E-state index contributed by atoms with van der Waals surface area (Å²) in [6, 6.07) is 10.7. The molecular formula is C22H36N4O2. The van der Waals surface area contributed by atoms with E-state index in [0.717, 1.165) is 25.8 Å². The summed E-state index contributed by atoms with van der Waals surface area (Å²) in [4.78, 5) is 17.3. The van der Waals surface area contributed by atoms with Crippen molar-refractivity contribution in [2.24, 2.45) is 5.11 Å². The van der Waals surface area contributed by atoms with Gasteiger partial charge in [-0.1, -0.05) is 74.5 Å². The van der Waals surface area contributed by atoms with E-state index in [1.54, 1.807) is 0 Å². The molecule has 0 unspecified atom stereocenters. The quantitative estimate of drug-likeness (QED) is 0.121. The molecule has 6 nitrogen and oxygen atoms in total. The SMILES string of the molecule is CCCCCCC[C@@H](CC(=O)OC)N(CCCN=[N+]=[N-])[C@@H](C)c1ccccc1. The molecule has 1 aromatic rings. The smallest absolute Gasteiger partial charge is 0.307 e. The highest BCUT2D eigenvalue weighted by Gasteiger charge is 2.26. The number of hydrogen-bond acceptors (Lipinski definition) is 4. The molecule has 0 amide bonds. The van der Waals surface area contributed by atoms with Gasteiger partial charge in [-0.3, -0.25) is 9.69 Å². The minimum Gasteiger partial charge on any atom is -0.469 e. The number of hydrogen-bond donors (Lipinski definition) is 0. The summed E-state index contributed by atoms with van der Waals surface area (Å²) in [6.07, 6.45) is 8.16. The second kappa shape index (κ2) is 14.9. The minimum absolute atomic E-state index is 0.121. The summed E-state index contributed by atoms with van der Waals surface area (Å²) >= 11 is 0. The molecule has 0 saturated carbocycles. The van der Waals surface area contributed by atoms with E-state index in [0.29, 0.717) is 13.0 Å². The Balaban J connectivity index is 2.91. The Morgan fingerprint density at radius 3 is 2.54 bits per heavy atom. The van der Waals surface area contributed by atoms with Crippen molar-refractivity contribution in [2.75, 3.05) is 20.2 Å². The van der Waals surface area contributed by atoms with Crippen molar-refractivity contribution in [3.05, 3.63) is 46.3 Å². The normalized spacial score (nSPS) is 13.0. The maximum atomic E-state index is 12.1. The highest BCUT2D eigenvalue weighted by Crippen LogP contribution is 2.27. The molecule has 0 radical (unpaired) electrons. The lowest BCUT2D eigenvalue weighted by Gasteiger charge is -2.36. The van der Waals surface area contributed by atoms with Gasteiger partial charge in [-0.05, 0) is 37.4 Å². The Morgan fingerprint density at radius 1 is 1.18 bits per heavy atom. The van der Waals surface area contributed by atoms with Gasteiger partial charge in [-0.15, -0.1) is 0 Å². The number of esters is 1. The number of methoxy groups -OCH3 is 1. The summed E-state index contributed by atoms with van der Waals surface area (Å²) in [5.74, 6) is -0.168. The molecule has 1 aromatic carbocycles. The van der Waals surface area contributed by atoms with E-state index >= 15 is 0 Å². The van der Waals surface area contributed by atoms with E-state index in [1.807, 2.05) is 18.2 Å². The number of azide groups is 1. The summed E-state index contributed by atoms with van der Waals surface area (Å²) < 4.78 is 4.97. The maximum absolute atomic E-state index is 12.1. The summed E-state index contributed by atoms with van der Waals surface area (Å²) in [5.41, 5.74) is 9.78. The fourth-order valence-electron chi connectivity index (χ4n) is 3.63. The van der Waals surface area contributed by atoms with Crippen LogP contribution in [-0.2, 0) is 9.53 Å². The number of nitrogens with zero attached hydrogens (tertiary/aromatic N) is 4. The molecule has 0 bridgehead atoms. The summed E-state index contributed by atoms with van der Waals surface area (Å²) in [7, 11) is 1.45. The Bertz CT molecular complexity index is 587. The third-order valence-corrected chi connectivity index (χ3v) is 5.26. The van der Waals surface area contributed by atoms with Crippen molar-refractivity contribution < 1.29 is 9.53 Å². The van der Waals surface area contributed by atoms with Crippen LogP contribution in [0.3, 0.4) is 0 Å². The van der Waals surface area contributed by atoms with Gasteiger partial charge in [0.1, 0.15) is 0 Å². The Labute approximate surface area is 169 Å².